The fourth-order valence-electron chi connectivity index (χ4n) is 1.08. The van der Waals surface area contributed by atoms with Crippen LogP contribution in [0.25, 0.3) is 0 Å². The van der Waals surface area contributed by atoms with Gasteiger partial charge in [0, 0.05) is 18.5 Å². The van der Waals surface area contributed by atoms with Crippen molar-refractivity contribution >= 4 is 17.9 Å². The zero-order valence-corrected chi connectivity index (χ0v) is 11.2. The average molecular weight is 251 g/mol. The summed E-state index contributed by atoms with van der Waals surface area (Å²) in [7, 11) is 1.72. The molecular weight excluding hydrogens is 234 g/mol. The molecule has 1 aromatic rings. The Morgan fingerprint density at radius 2 is 2.00 bits per heavy atom. The molecule has 3 nitrogen and oxygen atoms in total. The summed E-state index contributed by atoms with van der Waals surface area (Å²) in [6, 6.07) is 7.88. The second-order valence-electron chi connectivity index (χ2n) is 3.72. The Labute approximate surface area is 107 Å². The van der Waals surface area contributed by atoms with E-state index in [-0.39, 0.29) is 11.7 Å². The van der Waals surface area contributed by atoms with Crippen LogP contribution >= 0.6 is 12.0 Å². The minimum Gasteiger partial charge on any atom is -0.415 e. The molecule has 0 aliphatic heterocycles. The third-order valence-corrected chi connectivity index (χ3v) is 3.07. The third kappa shape index (κ3) is 4.15. The van der Waals surface area contributed by atoms with Gasteiger partial charge in [0.25, 0.3) is 5.91 Å². The Kier molecular flexibility index (Phi) is 5.10. The van der Waals surface area contributed by atoms with Gasteiger partial charge >= 0.3 is 0 Å². The zero-order valence-electron chi connectivity index (χ0n) is 10.4. The Balaban J connectivity index is 2.48. The maximum Gasteiger partial charge on any atom is 0.289 e. The Hall–Kier alpha value is -1.42. The number of carbonyl (C=O) groups is 1. The van der Waals surface area contributed by atoms with Gasteiger partial charge < -0.3 is 9.08 Å². The molecule has 1 aromatic carbocycles. The lowest BCUT2D eigenvalue weighted by Gasteiger charge is -2.15. The van der Waals surface area contributed by atoms with Crippen LogP contribution in [-0.2, 0) is 8.98 Å². The molecule has 0 aliphatic carbocycles. The summed E-state index contributed by atoms with van der Waals surface area (Å²) in [6.07, 6.45) is 0. The van der Waals surface area contributed by atoms with E-state index < -0.39 is 0 Å². The van der Waals surface area contributed by atoms with E-state index in [0.717, 1.165) is 16.9 Å². The smallest absolute Gasteiger partial charge is 0.289 e. The van der Waals surface area contributed by atoms with E-state index in [1.165, 1.54) is 5.56 Å². The molecule has 0 aliphatic rings. The maximum absolute atomic E-state index is 11.6. The molecule has 0 spiro atoms. The number of likely N-dealkylation sites (N-methyl/N-ethyl adjacent to an activating group) is 1. The highest BCUT2D eigenvalue weighted by molar-refractivity contribution is 7.94. The van der Waals surface area contributed by atoms with E-state index in [2.05, 4.69) is 6.58 Å². The number of amides is 1. The fourth-order valence-corrected chi connectivity index (χ4v) is 1.60. The number of benzene rings is 1. The highest BCUT2D eigenvalue weighted by Gasteiger charge is 2.13. The van der Waals surface area contributed by atoms with Gasteiger partial charge in [0.15, 0.2) is 5.76 Å². The molecule has 1 rings (SSSR count). The molecule has 4 heteroatoms. The van der Waals surface area contributed by atoms with Gasteiger partial charge in [0.2, 0.25) is 0 Å². The second-order valence-corrected chi connectivity index (χ2v) is 4.53. The highest BCUT2D eigenvalue weighted by Crippen LogP contribution is 2.22. The first-order valence-electron chi connectivity index (χ1n) is 5.40. The van der Waals surface area contributed by atoms with E-state index in [1.807, 2.05) is 38.1 Å². The Morgan fingerprint density at radius 1 is 1.41 bits per heavy atom. The van der Waals surface area contributed by atoms with Crippen LogP contribution in [0, 0.1) is 6.92 Å². The van der Waals surface area contributed by atoms with Gasteiger partial charge in [-0.25, -0.2) is 0 Å². The van der Waals surface area contributed by atoms with Crippen molar-refractivity contribution in [3.05, 3.63) is 42.2 Å². The number of rotatable bonds is 5. The Morgan fingerprint density at radius 3 is 2.53 bits per heavy atom. The lowest BCUT2D eigenvalue weighted by Crippen LogP contribution is -2.27. The predicted octanol–water partition coefficient (Wildman–Crippen LogP) is 3.01. The molecule has 0 radical (unpaired) electrons. The maximum atomic E-state index is 11.6. The minimum atomic E-state index is -0.188. The number of carbonyl (C=O) groups excluding carboxylic acids is 1. The van der Waals surface area contributed by atoms with E-state index >= 15 is 0 Å². The topological polar surface area (TPSA) is 29.5 Å². The van der Waals surface area contributed by atoms with Crippen LogP contribution < -0.4 is 0 Å². The number of hydrogen-bond acceptors (Lipinski definition) is 3. The molecular formula is C13H17NO2S. The molecule has 0 bridgehead atoms. The van der Waals surface area contributed by atoms with Crippen LogP contribution in [0.2, 0.25) is 0 Å². The van der Waals surface area contributed by atoms with Crippen molar-refractivity contribution in [2.24, 2.45) is 0 Å². The van der Waals surface area contributed by atoms with Crippen molar-refractivity contribution in [2.75, 3.05) is 13.6 Å². The summed E-state index contributed by atoms with van der Waals surface area (Å²) in [5, 5.41) is 0. The van der Waals surface area contributed by atoms with Crippen molar-refractivity contribution < 1.29 is 8.98 Å². The molecule has 0 saturated heterocycles. The molecule has 0 saturated carbocycles. The van der Waals surface area contributed by atoms with Crippen molar-refractivity contribution in [2.45, 2.75) is 18.7 Å². The SMILES string of the molecule is C=C(OSc1ccc(C)cc1)C(=O)N(C)CC. The highest BCUT2D eigenvalue weighted by atomic mass is 32.2. The average Bonchev–Trinajstić information content (AvgIpc) is 2.35. The quantitative estimate of drug-likeness (QED) is 0.458. The second kappa shape index (κ2) is 6.35. The molecule has 0 atom stereocenters. The van der Waals surface area contributed by atoms with Crippen LogP contribution in [0.3, 0.4) is 0 Å². The van der Waals surface area contributed by atoms with Gasteiger partial charge in [0.05, 0.1) is 12.0 Å². The molecule has 17 heavy (non-hydrogen) atoms. The summed E-state index contributed by atoms with van der Waals surface area (Å²) in [4.78, 5) is 14.1. The largest absolute Gasteiger partial charge is 0.415 e. The molecule has 0 N–H and O–H groups in total. The first-order valence-corrected chi connectivity index (χ1v) is 6.14. The van der Waals surface area contributed by atoms with Crippen LogP contribution in [0.15, 0.2) is 41.5 Å². The standard InChI is InChI=1S/C13H17NO2S/c1-5-14(4)13(15)11(3)16-17-12-8-6-10(2)7-9-12/h6-9H,3,5H2,1-2,4H3. The van der Waals surface area contributed by atoms with Crippen LogP contribution in [0.1, 0.15) is 12.5 Å². The van der Waals surface area contributed by atoms with Crippen LogP contribution in [0.4, 0.5) is 0 Å². The lowest BCUT2D eigenvalue weighted by molar-refractivity contribution is -0.127. The molecule has 0 heterocycles. The number of hydrogen-bond donors (Lipinski definition) is 0. The molecule has 0 fully saturated rings. The number of nitrogens with zero attached hydrogens (tertiary/aromatic N) is 1. The molecule has 0 unspecified atom stereocenters. The van der Waals surface area contributed by atoms with Gasteiger partial charge in [-0.1, -0.05) is 17.7 Å². The molecule has 0 aromatic heterocycles. The van der Waals surface area contributed by atoms with E-state index in [1.54, 1.807) is 11.9 Å². The van der Waals surface area contributed by atoms with Gasteiger partial charge in [-0.15, -0.1) is 0 Å². The predicted molar refractivity (Wildman–Crippen MR) is 70.6 cm³/mol. The van der Waals surface area contributed by atoms with Crippen LogP contribution in [-0.4, -0.2) is 24.4 Å². The third-order valence-electron chi connectivity index (χ3n) is 2.32. The molecule has 1 amide bonds. The number of aryl methyl sites for hydroxylation is 1. The lowest BCUT2D eigenvalue weighted by atomic mass is 10.2. The van der Waals surface area contributed by atoms with Crippen molar-refractivity contribution in [3.8, 4) is 0 Å². The zero-order chi connectivity index (χ0) is 12.8. The normalized spacial score (nSPS) is 9.82. The van der Waals surface area contributed by atoms with E-state index in [0.29, 0.717) is 6.54 Å². The van der Waals surface area contributed by atoms with Gasteiger partial charge in [-0.2, -0.15) is 0 Å². The van der Waals surface area contributed by atoms with E-state index in [9.17, 15) is 4.79 Å². The summed E-state index contributed by atoms with van der Waals surface area (Å²) >= 11 is 1.15. The van der Waals surface area contributed by atoms with Gasteiger partial charge in [-0.3, -0.25) is 4.79 Å². The Bertz CT molecular complexity index is 400. The first kappa shape index (κ1) is 13.6. The van der Waals surface area contributed by atoms with Crippen molar-refractivity contribution in [1.82, 2.24) is 4.90 Å². The van der Waals surface area contributed by atoms with Crippen molar-refractivity contribution in [3.63, 3.8) is 0 Å². The summed E-state index contributed by atoms with van der Waals surface area (Å²) in [6.45, 7) is 8.18. The van der Waals surface area contributed by atoms with Gasteiger partial charge in [0.1, 0.15) is 0 Å². The summed E-state index contributed by atoms with van der Waals surface area (Å²) < 4.78 is 5.28. The summed E-state index contributed by atoms with van der Waals surface area (Å²) in [5.41, 5.74) is 1.19. The van der Waals surface area contributed by atoms with Gasteiger partial charge in [-0.05, 0) is 32.6 Å². The molecule has 92 valence electrons. The first-order chi connectivity index (χ1) is 8.04. The monoisotopic (exact) mass is 251 g/mol. The minimum absolute atomic E-state index is 0.153. The summed E-state index contributed by atoms with van der Waals surface area (Å²) in [5.74, 6) is -0.0352. The van der Waals surface area contributed by atoms with Crippen LogP contribution in [0.5, 0.6) is 0 Å². The fraction of sp³-hybridized carbons (Fsp3) is 0.308. The van der Waals surface area contributed by atoms with E-state index in [4.69, 9.17) is 4.18 Å². The van der Waals surface area contributed by atoms with Crippen molar-refractivity contribution in [1.29, 1.82) is 0 Å².